The van der Waals surface area contributed by atoms with Crippen LogP contribution in [-0.4, -0.2) is 28.1 Å². The molecule has 0 aliphatic carbocycles. The monoisotopic (exact) mass is 223 g/mol. The van der Waals surface area contributed by atoms with E-state index in [4.69, 9.17) is 0 Å². The van der Waals surface area contributed by atoms with Gasteiger partial charge in [-0.15, -0.1) is 16.4 Å². The molecule has 0 aromatic carbocycles. The van der Waals surface area contributed by atoms with Crippen LogP contribution >= 0.6 is 11.3 Å². The minimum absolute atomic E-state index is 0.252. The van der Waals surface area contributed by atoms with Crippen molar-refractivity contribution in [3.05, 3.63) is 23.2 Å². The number of ether oxygens (including phenoxy) is 1. The van der Waals surface area contributed by atoms with Crippen LogP contribution in [0.4, 0.5) is 0 Å². The average Bonchev–Trinajstić information content (AvgIpc) is 2.84. The van der Waals surface area contributed by atoms with E-state index in [2.05, 4.69) is 14.9 Å². The topological polar surface area (TPSA) is 57.0 Å². The molecule has 2 aromatic heterocycles. The molecule has 6 heteroatoms. The SMILES string of the molecule is COC(=O)c1nn(C)nc1-c1cccs1. The Kier molecular flexibility index (Phi) is 2.51. The first-order chi connectivity index (χ1) is 7.22. The minimum atomic E-state index is -0.466. The van der Waals surface area contributed by atoms with E-state index in [0.717, 1.165) is 4.88 Å². The smallest absolute Gasteiger partial charge is 0.360 e. The van der Waals surface area contributed by atoms with Crippen LogP contribution in [0.3, 0.4) is 0 Å². The predicted molar refractivity (Wildman–Crippen MR) is 55.7 cm³/mol. The Hall–Kier alpha value is -1.69. The van der Waals surface area contributed by atoms with Crippen molar-refractivity contribution in [3.8, 4) is 10.6 Å². The zero-order valence-corrected chi connectivity index (χ0v) is 9.11. The molecule has 0 saturated carbocycles. The summed E-state index contributed by atoms with van der Waals surface area (Å²) >= 11 is 1.51. The van der Waals surface area contributed by atoms with Crippen molar-refractivity contribution in [2.24, 2.45) is 7.05 Å². The molecule has 0 N–H and O–H groups in total. The van der Waals surface area contributed by atoms with Gasteiger partial charge in [0.15, 0.2) is 5.69 Å². The lowest BCUT2D eigenvalue weighted by Crippen LogP contribution is -2.04. The number of nitrogens with zero attached hydrogens (tertiary/aromatic N) is 3. The first-order valence-corrected chi connectivity index (χ1v) is 5.14. The van der Waals surface area contributed by atoms with Crippen molar-refractivity contribution < 1.29 is 9.53 Å². The Morgan fingerprint density at radius 2 is 2.33 bits per heavy atom. The number of carbonyl (C=O) groups is 1. The van der Waals surface area contributed by atoms with Crippen LogP contribution in [0.15, 0.2) is 17.5 Å². The first kappa shape index (κ1) is 9.85. The molecule has 0 bridgehead atoms. The molecular formula is C9H9N3O2S. The summed E-state index contributed by atoms with van der Waals surface area (Å²) in [5.41, 5.74) is 0.821. The molecular weight excluding hydrogens is 214 g/mol. The normalized spacial score (nSPS) is 10.3. The van der Waals surface area contributed by atoms with E-state index in [1.807, 2.05) is 17.5 Å². The third-order valence-corrected chi connectivity index (χ3v) is 2.72. The zero-order valence-electron chi connectivity index (χ0n) is 8.30. The van der Waals surface area contributed by atoms with E-state index in [-0.39, 0.29) is 5.69 Å². The lowest BCUT2D eigenvalue weighted by molar-refractivity contribution is 0.0594. The Balaban J connectivity index is 2.52. The van der Waals surface area contributed by atoms with E-state index in [1.54, 1.807) is 7.05 Å². The van der Waals surface area contributed by atoms with Gasteiger partial charge in [-0.05, 0) is 11.4 Å². The largest absolute Gasteiger partial charge is 0.464 e. The molecule has 78 valence electrons. The number of carbonyl (C=O) groups excluding carboxylic acids is 1. The zero-order chi connectivity index (χ0) is 10.8. The standard InChI is InChI=1S/C9H9N3O2S/c1-12-10-7(6-4-3-5-15-6)8(11-12)9(13)14-2/h3-5H,1-2H3. The minimum Gasteiger partial charge on any atom is -0.464 e. The number of methoxy groups -OCH3 is 1. The molecule has 0 radical (unpaired) electrons. The van der Waals surface area contributed by atoms with Crippen LogP contribution in [0.2, 0.25) is 0 Å². The highest BCUT2D eigenvalue weighted by Gasteiger charge is 2.20. The third kappa shape index (κ3) is 1.75. The van der Waals surface area contributed by atoms with Gasteiger partial charge >= 0.3 is 5.97 Å². The van der Waals surface area contributed by atoms with Crippen molar-refractivity contribution in [3.63, 3.8) is 0 Å². The second-order valence-corrected chi connectivity index (χ2v) is 3.80. The summed E-state index contributed by atoms with van der Waals surface area (Å²) in [6.07, 6.45) is 0. The Bertz CT molecular complexity index is 476. The van der Waals surface area contributed by atoms with E-state index in [0.29, 0.717) is 5.69 Å². The molecule has 2 rings (SSSR count). The summed E-state index contributed by atoms with van der Waals surface area (Å²) in [4.78, 5) is 13.7. The number of aromatic nitrogens is 3. The van der Waals surface area contributed by atoms with Gasteiger partial charge in [0.25, 0.3) is 0 Å². The van der Waals surface area contributed by atoms with E-state index >= 15 is 0 Å². The molecule has 0 amide bonds. The lowest BCUT2D eigenvalue weighted by atomic mass is 10.3. The summed E-state index contributed by atoms with van der Waals surface area (Å²) in [5, 5.41) is 10.0. The average molecular weight is 223 g/mol. The quantitative estimate of drug-likeness (QED) is 0.721. The number of hydrogen-bond acceptors (Lipinski definition) is 5. The molecule has 2 heterocycles. The van der Waals surface area contributed by atoms with Crippen LogP contribution in [0.5, 0.6) is 0 Å². The van der Waals surface area contributed by atoms with Crippen LogP contribution in [-0.2, 0) is 11.8 Å². The fourth-order valence-corrected chi connectivity index (χ4v) is 1.93. The molecule has 2 aromatic rings. The van der Waals surface area contributed by atoms with Gasteiger partial charge in [-0.2, -0.15) is 9.90 Å². The molecule has 5 nitrogen and oxygen atoms in total. The number of thiophene rings is 1. The maximum Gasteiger partial charge on any atom is 0.360 e. The third-order valence-electron chi connectivity index (χ3n) is 1.85. The number of aryl methyl sites for hydroxylation is 1. The van der Waals surface area contributed by atoms with E-state index in [9.17, 15) is 4.79 Å². The first-order valence-electron chi connectivity index (χ1n) is 4.26. The highest BCUT2D eigenvalue weighted by Crippen LogP contribution is 2.25. The molecule has 0 saturated heterocycles. The van der Waals surface area contributed by atoms with Crippen LogP contribution in [0.1, 0.15) is 10.5 Å². The van der Waals surface area contributed by atoms with Crippen molar-refractivity contribution in [1.82, 2.24) is 15.0 Å². The maximum atomic E-state index is 11.4. The van der Waals surface area contributed by atoms with Gasteiger partial charge < -0.3 is 4.74 Å². The highest BCUT2D eigenvalue weighted by molar-refractivity contribution is 7.13. The van der Waals surface area contributed by atoms with Gasteiger partial charge in [0.2, 0.25) is 0 Å². The van der Waals surface area contributed by atoms with Crippen LogP contribution in [0, 0.1) is 0 Å². The summed E-state index contributed by atoms with van der Waals surface area (Å²) in [6, 6.07) is 3.79. The molecule has 0 unspecified atom stereocenters. The van der Waals surface area contributed by atoms with Gasteiger partial charge in [-0.25, -0.2) is 4.79 Å². The van der Waals surface area contributed by atoms with Gasteiger partial charge in [-0.3, -0.25) is 0 Å². The van der Waals surface area contributed by atoms with Crippen molar-refractivity contribution >= 4 is 17.3 Å². The molecule has 0 fully saturated rings. The summed E-state index contributed by atoms with van der Waals surface area (Å²) < 4.78 is 4.64. The van der Waals surface area contributed by atoms with E-state index in [1.165, 1.54) is 23.2 Å². The second-order valence-electron chi connectivity index (χ2n) is 2.86. The van der Waals surface area contributed by atoms with Gasteiger partial charge in [0, 0.05) is 7.05 Å². The second kappa shape index (κ2) is 3.82. The Labute approximate surface area is 90.3 Å². The number of hydrogen-bond donors (Lipinski definition) is 0. The molecule has 0 atom stereocenters. The lowest BCUT2D eigenvalue weighted by Gasteiger charge is -1.94. The van der Waals surface area contributed by atoms with Crippen LogP contribution in [0.25, 0.3) is 10.6 Å². The van der Waals surface area contributed by atoms with Crippen molar-refractivity contribution in [2.75, 3.05) is 7.11 Å². The highest BCUT2D eigenvalue weighted by atomic mass is 32.1. The van der Waals surface area contributed by atoms with Crippen molar-refractivity contribution in [1.29, 1.82) is 0 Å². The van der Waals surface area contributed by atoms with E-state index < -0.39 is 5.97 Å². The molecule has 0 aliphatic heterocycles. The van der Waals surface area contributed by atoms with Gasteiger partial charge in [-0.1, -0.05) is 6.07 Å². The fourth-order valence-electron chi connectivity index (χ4n) is 1.22. The Morgan fingerprint density at radius 3 is 2.93 bits per heavy atom. The number of rotatable bonds is 2. The Morgan fingerprint density at radius 1 is 1.53 bits per heavy atom. The molecule has 15 heavy (non-hydrogen) atoms. The summed E-state index contributed by atoms with van der Waals surface area (Å²) in [7, 11) is 3.00. The molecule has 0 spiro atoms. The molecule has 0 aliphatic rings. The van der Waals surface area contributed by atoms with Crippen molar-refractivity contribution in [2.45, 2.75) is 0 Å². The maximum absolute atomic E-state index is 11.4. The predicted octanol–water partition coefficient (Wildman–Crippen LogP) is 1.33. The number of esters is 1. The summed E-state index contributed by atoms with van der Waals surface area (Å²) in [5.74, 6) is -0.466. The van der Waals surface area contributed by atoms with Crippen LogP contribution < -0.4 is 0 Å². The van der Waals surface area contributed by atoms with Gasteiger partial charge in [0.1, 0.15) is 5.69 Å². The van der Waals surface area contributed by atoms with Gasteiger partial charge in [0.05, 0.1) is 12.0 Å². The summed E-state index contributed by atoms with van der Waals surface area (Å²) in [6.45, 7) is 0. The fraction of sp³-hybridized carbons (Fsp3) is 0.222.